The molecule has 3 aliphatic rings. The first-order chi connectivity index (χ1) is 22.2. The highest BCUT2D eigenvalue weighted by molar-refractivity contribution is 6.04. The zero-order chi connectivity index (χ0) is 32.2. The number of aromatic nitrogens is 3. The molecule has 0 bridgehead atoms. The van der Waals surface area contributed by atoms with Gasteiger partial charge in [0, 0.05) is 30.5 Å². The number of phenolic OH excluding ortho intramolecular Hbond substituents is 1. The van der Waals surface area contributed by atoms with Crippen molar-refractivity contribution < 1.29 is 32.9 Å². The quantitative estimate of drug-likeness (QED) is 0.210. The predicted molar refractivity (Wildman–Crippen MR) is 167 cm³/mol. The van der Waals surface area contributed by atoms with E-state index in [0.717, 1.165) is 38.6 Å². The van der Waals surface area contributed by atoms with Crippen LogP contribution >= 0.6 is 0 Å². The van der Waals surface area contributed by atoms with E-state index in [1.165, 1.54) is 31.4 Å². The Balaban J connectivity index is 1.36. The molecule has 4 aromatic rings. The number of hydrogen-bond acceptors (Lipinski definition) is 9. The molecule has 2 atom stereocenters. The second-order valence-corrected chi connectivity index (χ2v) is 12.6. The molecule has 9 nitrogen and oxygen atoms in total. The summed E-state index contributed by atoms with van der Waals surface area (Å²) in [6, 6.07) is 5.20. The molecule has 4 heterocycles. The molecule has 3 fully saturated rings. The Kier molecular flexibility index (Phi) is 7.77. The zero-order valence-electron chi connectivity index (χ0n) is 25.3. The van der Waals surface area contributed by atoms with Crippen LogP contribution in [0.1, 0.15) is 44.1 Å². The lowest BCUT2D eigenvalue weighted by molar-refractivity contribution is 0.0408. The number of anilines is 1. The third kappa shape index (κ3) is 5.21. The second-order valence-electron chi connectivity index (χ2n) is 12.6. The third-order valence-electron chi connectivity index (χ3n) is 9.66. The number of aliphatic hydroxyl groups is 1. The van der Waals surface area contributed by atoms with Crippen molar-refractivity contribution in [3.63, 3.8) is 0 Å². The zero-order valence-corrected chi connectivity index (χ0v) is 25.3. The van der Waals surface area contributed by atoms with E-state index >= 15 is 4.39 Å². The molecule has 46 heavy (non-hydrogen) atoms. The number of nitrogens with one attached hydrogen (secondary N) is 1. The number of aromatic hydroxyl groups is 1. The van der Waals surface area contributed by atoms with Crippen molar-refractivity contribution >= 4 is 27.5 Å². The van der Waals surface area contributed by atoms with Gasteiger partial charge in [0.05, 0.1) is 24.3 Å². The number of fused-ring (bicyclic) bond motifs is 3. The highest BCUT2D eigenvalue weighted by atomic mass is 19.1. The average molecular weight is 634 g/mol. The van der Waals surface area contributed by atoms with Gasteiger partial charge >= 0.3 is 6.01 Å². The molecule has 2 aliphatic heterocycles. The van der Waals surface area contributed by atoms with Crippen LogP contribution in [0, 0.1) is 29.9 Å². The van der Waals surface area contributed by atoms with Gasteiger partial charge in [-0.2, -0.15) is 9.97 Å². The maximum Gasteiger partial charge on any atom is 0.319 e. The minimum absolute atomic E-state index is 0.00806. The monoisotopic (exact) mass is 633 g/mol. The van der Waals surface area contributed by atoms with E-state index in [9.17, 15) is 19.0 Å². The molecule has 7 rings (SSSR count). The fraction of sp³-hybridized carbons (Fsp3) is 0.441. The SMILES string of the molecule is C#Cc1c(F)ccc2cc(O)cc(-c3nc(OC)c4c(NCCC5CC(O)C5)nc(OC[C@@]56CCCN5C[C@H](F)C6)nc4c3F)c12. The number of aliphatic hydroxyl groups excluding tert-OH is 1. The molecule has 0 radical (unpaired) electrons. The van der Waals surface area contributed by atoms with Gasteiger partial charge in [0.1, 0.15) is 46.8 Å². The molecule has 1 saturated carbocycles. The van der Waals surface area contributed by atoms with Crippen LogP contribution in [-0.4, -0.2) is 81.2 Å². The van der Waals surface area contributed by atoms with Gasteiger partial charge in [0.25, 0.3) is 0 Å². The van der Waals surface area contributed by atoms with Crippen molar-refractivity contribution in [2.45, 2.75) is 56.3 Å². The normalized spacial score (nSPS) is 24.1. The highest BCUT2D eigenvalue weighted by Gasteiger charge is 2.49. The van der Waals surface area contributed by atoms with E-state index in [1.807, 2.05) is 0 Å². The Morgan fingerprint density at radius 1 is 1.17 bits per heavy atom. The number of phenols is 1. The van der Waals surface area contributed by atoms with Crippen LogP contribution < -0.4 is 14.8 Å². The summed E-state index contributed by atoms with van der Waals surface area (Å²) in [5, 5.41) is 24.3. The molecule has 2 aromatic heterocycles. The summed E-state index contributed by atoms with van der Waals surface area (Å²) in [4.78, 5) is 15.6. The molecule has 2 aromatic carbocycles. The number of benzene rings is 2. The molecule has 0 unspecified atom stereocenters. The van der Waals surface area contributed by atoms with Gasteiger partial charge in [-0.25, -0.2) is 18.2 Å². The number of hydrogen-bond donors (Lipinski definition) is 3. The van der Waals surface area contributed by atoms with Crippen LogP contribution in [0.2, 0.25) is 0 Å². The number of terminal acetylenes is 1. The number of methoxy groups -OCH3 is 1. The lowest BCUT2D eigenvalue weighted by Gasteiger charge is -2.31. The number of alkyl halides is 1. The van der Waals surface area contributed by atoms with Crippen molar-refractivity contribution in [1.82, 2.24) is 19.9 Å². The summed E-state index contributed by atoms with van der Waals surface area (Å²) in [5.41, 5.74) is -0.959. The maximum atomic E-state index is 16.8. The van der Waals surface area contributed by atoms with E-state index in [2.05, 4.69) is 31.1 Å². The second kappa shape index (κ2) is 11.8. The molecule has 3 N–H and O–H groups in total. The van der Waals surface area contributed by atoms with Crippen molar-refractivity contribution in [2.75, 3.05) is 38.7 Å². The Hall–Kier alpha value is -4.34. The highest BCUT2D eigenvalue weighted by Crippen LogP contribution is 2.43. The molecule has 2 saturated heterocycles. The molecule has 0 amide bonds. The largest absolute Gasteiger partial charge is 0.508 e. The summed E-state index contributed by atoms with van der Waals surface area (Å²) in [7, 11) is 1.38. The Labute approximate surface area is 263 Å². The molecule has 12 heteroatoms. The van der Waals surface area contributed by atoms with Crippen LogP contribution in [0.4, 0.5) is 19.0 Å². The summed E-state index contributed by atoms with van der Waals surface area (Å²) in [5.74, 6) is 1.16. The van der Waals surface area contributed by atoms with Crippen LogP contribution in [0.25, 0.3) is 32.9 Å². The minimum Gasteiger partial charge on any atom is -0.508 e. The smallest absolute Gasteiger partial charge is 0.319 e. The van der Waals surface area contributed by atoms with Crippen molar-refractivity contribution in [3.8, 4) is 41.2 Å². The van der Waals surface area contributed by atoms with E-state index in [0.29, 0.717) is 30.8 Å². The number of halogens is 3. The number of ether oxygens (including phenoxy) is 2. The van der Waals surface area contributed by atoms with E-state index < -0.39 is 23.3 Å². The van der Waals surface area contributed by atoms with Crippen molar-refractivity contribution in [2.24, 2.45) is 5.92 Å². The van der Waals surface area contributed by atoms with E-state index in [-0.39, 0.29) is 69.3 Å². The van der Waals surface area contributed by atoms with Gasteiger partial charge in [-0.1, -0.05) is 12.0 Å². The molecular formula is C34H34F3N5O4. The van der Waals surface area contributed by atoms with Crippen LogP contribution in [-0.2, 0) is 0 Å². The molecule has 0 spiro atoms. The summed E-state index contributed by atoms with van der Waals surface area (Å²) in [6.45, 7) is 1.74. The van der Waals surface area contributed by atoms with Crippen LogP contribution in [0.15, 0.2) is 24.3 Å². The molecule has 1 aliphatic carbocycles. The standard InChI is InChI=1S/C34H34F3N5O4/c1-3-23-25(36)6-5-19-13-22(44)14-24(26(19)23)29-28(37)30-27(32(39-29)45-2)31(38-9-7-18-11-21(43)12-18)41-33(40-30)46-17-34-8-4-10-42(34)16-20(35)15-34/h1,5-6,13-14,18,20-21,43-44H,4,7-12,15-17H2,2H3,(H,38,40,41)/t18?,20-,21?,34+/m1/s1. The number of pyridine rings is 1. The lowest BCUT2D eigenvalue weighted by Crippen LogP contribution is -2.43. The molecule has 240 valence electrons. The van der Waals surface area contributed by atoms with Crippen molar-refractivity contribution in [3.05, 3.63) is 41.5 Å². The third-order valence-corrected chi connectivity index (χ3v) is 9.66. The van der Waals surface area contributed by atoms with E-state index in [1.54, 1.807) is 0 Å². The van der Waals surface area contributed by atoms with E-state index in [4.69, 9.17) is 15.9 Å². The first-order valence-corrected chi connectivity index (χ1v) is 15.5. The van der Waals surface area contributed by atoms with Gasteiger partial charge in [-0.3, -0.25) is 4.90 Å². The van der Waals surface area contributed by atoms with Gasteiger partial charge < -0.3 is 25.0 Å². The minimum atomic E-state index is -0.950. The van der Waals surface area contributed by atoms with Gasteiger partial charge in [0.2, 0.25) is 5.88 Å². The fourth-order valence-electron chi connectivity index (χ4n) is 7.37. The lowest BCUT2D eigenvalue weighted by atomic mass is 9.80. The Bertz CT molecular complexity index is 1880. The van der Waals surface area contributed by atoms with Gasteiger partial charge in [0.15, 0.2) is 5.82 Å². The Morgan fingerprint density at radius 2 is 2.00 bits per heavy atom. The van der Waals surface area contributed by atoms with Gasteiger partial charge in [-0.15, -0.1) is 6.42 Å². The summed E-state index contributed by atoms with van der Waals surface area (Å²) in [6.07, 6.45) is 8.66. The Morgan fingerprint density at radius 3 is 2.76 bits per heavy atom. The fourth-order valence-corrected chi connectivity index (χ4v) is 7.37. The van der Waals surface area contributed by atoms with Crippen LogP contribution in [0.3, 0.4) is 0 Å². The van der Waals surface area contributed by atoms with Crippen LogP contribution in [0.5, 0.6) is 17.6 Å². The number of rotatable bonds is 9. The van der Waals surface area contributed by atoms with Crippen molar-refractivity contribution in [1.29, 1.82) is 0 Å². The maximum absolute atomic E-state index is 16.8. The summed E-state index contributed by atoms with van der Waals surface area (Å²) >= 11 is 0. The molecular weight excluding hydrogens is 599 g/mol. The van der Waals surface area contributed by atoms with Gasteiger partial charge in [-0.05, 0) is 68.2 Å². The first-order valence-electron chi connectivity index (χ1n) is 15.5. The summed E-state index contributed by atoms with van der Waals surface area (Å²) < 4.78 is 57.8. The first kappa shape index (κ1) is 30.3. The average Bonchev–Trinajstić information content (AvgIpc) is 3.55. The predicted octanol–water partition coefficient (Wildman–Crippen LogP) is 5.35. The number of nitrogens with zero attached hydrogens (tertiary/aromatic N) is 4. The topological polar surface area (TPSA) is 113 Å².